The average Bonchev–Trinajstić information content (AvgIpc) is 2.46. The van der Waals surface area contributed by atoms with Crippen molar-refractivity contribution in [1.82, 2.24) is 9.97 Å². The van der Waals surface area contributed by atoms with Gasteiger partial charge in [0, 0.05) is 23.5 Å². The molecule has 0 saturated heterocycles. The molecule has 94 valence electrons. The molecule has 0 fully saturated rings. The van der Waals surface area contributed by atoms with E-state index in [2.05, 4.69) is 9.97 Å². The average molecular weight is 244 g/mol. The summed E-state index contributed by atoms with van der Waals surface area (Å²) in [5.74, 6) is 0.736. The molecule has 1 aromatic carbocycles. The lowest BCUT2D eigenvalue weighted by atomic mass is 10.1. The van der Waals surface area contributed by atoms with Gasteiger partial charge in [-0.25, -0.2) is 9.97 Å². The lowest BCUT2D eigenvalue weighted by Crippen LogP contribution is -1.99. The second-order valence-corrected chi connectivity index (χ2v) is 3.96. The molecule has 18 heavy (non-hydrogen) atoms. The molecule has 0 spiro atoms. The largest absolute Gasteiger partial charge is 0.493 e. The van der Waals surface area contributed by atoms with Crippen LogP contribution >= 0.6 is 0 Å². The lowest BCUT2D eigenvalue weighted by Gasteiger charge is -2.11. The van der Waals surface area contributed by atoms with E-state index in [0.29, 0.717) is 6.61 Å². The van der Waals surface area contributed by atoms with Crippen LogP contribution in [0.4, 0.5) is 0 Å². The Kier molecular flexibility index (Phi) is 4.25. The van der Waals surface area contributed by atoms with E-state index < -0.39 is 0 Å². The van der Waals surface area contributed by atoms with E-state index in [1.54, 1.807) is 12.4 Å². The van der Waals surface area contributed by atoms with E-state index in [1.807, 2.05) is 25.1 Å². The second-order valence-electron chi connectivity index (χ2n) is 3.96. The van der Waals surface area contributed by atoms with Crippen LogP contribution in [0.3, 0.4) is 0 Å². The van der Waals surface area contributed by atoms with E-state index in [4.69, 9.17) is 4.74 Å². The Bertz CT molecular complexity index is 500. The van der Waals surface area contributed by atoms with Crippen LogP contribution in [-0.4, -0.2) is 21.7 Å². The van der Waals surface area contributed by atoms with Crippen LogP contribution in [0.15, 0.2) is 36.9 Å². The van der Waals surface area contributed by atoms with Gasteiger partial charge in [0.05, 0.1) is 13.2 Å². The SMILES string of the molecule is CCCOc1ccc(-c2cncnc2)cc1CO. The monoisotopic (exact) mass is 244 g/mol. The summed E-state index contributed by atoms with van der Waals surface area (Å²) in [6.45, 7) is 2.66. The van der Waals surface area contributed by atoms with Crippen LogP contribution in [0.5, 0.6) is 5.75 Å². The minimum absolute atomic E-state index is 0.0411. The molecular formula is C14H16N2O2. The fraction of sp³-hybridized carbons (Fsp3) is 0.286. The first-order valence-corrected chi connectivity index (χ1v) is 5.97. The highest BCUT2D eigenvalue weighted by Gasteiger charge is 2.06. The van der Waals surface area contributed by atoms with Gasteiger partial charge in [-0.2, -0.15) is 0 Å². The van der Waals surface area contributed by atoms with Crippen molar-refractivity contribution in [3.05, 3.63) is 42.5 Å². The van der Waals surface area contributed by atoms with Crippen LogP contribution in [-0.2, 0) is 6.61 Å². The van der Waals surface area contributed by atoms with Crippen LogP contribution in [0.1, 0.15) is 18.9 Å². The molecule has 1 heterocycles. The molecule has 0 aliphatic heterocycles. The molecular weight excluding hydrogens is 228 g/mol. The minimum Gasteiger partial charge on any atom is -0.493 e. The maximum Gasteiger partial charge on any atom is 0.124 e. The number of hydrogen-bond acceptors (Lipinski definition) is 4. The van der Waals surface area contributed by atoms with Crippen LogP contribution < -0.4 is 4.74 Å². The molecule has 2 rings (SSSR count). The van der Waals surface area contributed by atoms with Crippen molar-refractivity contribution in [3.63, 3.8) is 0 Å². The number of rotatable bonds is 5. The molecule has 1 aromatic heterocycles. The fourth-order valence-corrected chi connectivity index (χ4v) is 1.68. The summed E-state index contributed by atoms with van der Waals surface area (Å²) >= 11 is 0. The summed E-state index contributed by atoms with van der Waals surface area (Å²) in [4.78, 5) is 7.97. The van der Waals surface area contributed by atoms with Crippen molar-refractivity contribution in [1.29, 1.82) is 0 Å². The Morgan fingerprint density at radius 2 is 1.94 bits per heavy atom. The molecule has 4 heteroatoms. The zero-order valence-corrected chi connectivity index (χ0v) is 10.3. The molecule has 0 atom stereocenters. The quantitative estimate of drug-likeness (QED) is 0.877. The zero-order chi connectivity index (χ0) is 12.8. The first-order valence-electron chi connectivity index (χ1n) is 5.97. The highest BCUT2D eigenvalue weighted by Crippen LogP contribution is 2.26. The molecule has 0 saturated carbocycles. The third kappa shape index (κ3) is 2.84. The van der Waals surface area contributed by atoms with E-state index >= 15 is 0 Å². The molecule has 2 aromatic rings. The standard InChI is InChI=1S/C14H16N2O2/c1-2-5-18-14-4-3-11(6-12(14)9-17)13-7-15-10-16-8-13/h3-4,6-8,10,17H,2,5,9H2,1H3. The fourth-order valence-electron chi connectivity index (χ4n) is 1.68. The predicted molar refractivity (Wildman–Crippen MR) is 69.2 cm³/mol. The number of nitrogens with zero attached hydrogens (tertiary/aromatic N) is 2. The number of ether oxygens (including phenoxy) is 1. The van der Waals surface area contributed by atoms with Crippen molar-refractivity contribution in [3.8, 4) is 16.9 Å². The Morgan fingerprint density at radius 3 is 2.61 bits per heavy atom. The Morgan fingerprint density at radius 1 is 1.17 bits per heavy atom. The molecule has 4 nitrogen and oxygen atoms in total. The maximum absolute atomic E-state index is 9.38. The topological polar surface area (TPSA) is 55.2 Å². The van der Waals surface area contributed by atoms with Gasteiger partial charge in [0.15, 0.2) is 0 Å². The summed E-state index contributed by atoms with van der Waals surface area (Å²) < 4.78 is 5.58. The third-order valence-electron chi connectivity index (χ3n) is 2.59. The molecule has 0 aliphatic carbocycles. The smallest absolute Gasteiger partial charge is 0.124 e. The van der Waals surface area contributed by atoms with Crippen molar-refractivity contribution < 1.29 is 9.84 Å². The van der Waals surface area contributed by atoms with Gasteiger partial charge in [0.25, 0.3) is 0 Å². The predicted octanol–water partition coefficient (Wildman–Crippen LogP) is 2.42. The first-order chi connectivity index (χ1) is 8.85. The Hall–Kier alpha value is -1.94. The molecule has 0 aliphatic rings. The van der Waals surface area contributed by atoms with Gasteiger partial charge >= 0.3 is 0 Å². The Balaban J connectivity index is 2.30. The third-order valence-corrected chi connectivity index (χ3v) is 2.59. The number of hydrogen-bond donors (Lipinski definition) is 1. The summed E-state index contributed by atoms with van der Waals surface area (Å²) in [6.07, 6.45) is 5.93. The van der Waals surface area contributed by atoms with Gasteiger partial charge in [0.2, 0.25) is 0 Å². The second kappa shape index (κ2) is 6.12. The van der Waals surface area contributed by atoms with Gasteiger partial charge in [-0.05, 0) is 24.1 Å². The number of aromatic nitrogens is 2. The van der Waals surface area contributed by atoms with Gasteiger partial charge in [-0.3, -0.25) is 0 Å². The summed E-state index contributed by atoms with van der Waals surface area (Å²) in [5.41, 5.74) is 2.68. The van der Waals surface area contributed by atoms with Crippen molar-refractivity contribution in [2.45, 2.75) is 20.0 Å². The van der Waals surface area contributed by atoms with E-state index in [1.165, 1.54) is 6.33 Å². The number of aliphatic hydroxyl groups is 1. The molecule has 0 unspecified atom stereocenters. The van der Waals surface area contributed by atoms with Crippen LogP contribution in [0.25, 0.3) is 11.1 Å². The molecule has 0 amide bonds. The van der Waals surface area contributed by atoms with E-state index in [0.717, 1.165) is 28.9 Å². The summed E-state index contributed by atoms with van der Waals surface area (Å²) in [5, 5.41) is 9.38. The van der Waals surface area contributed by atoms with Crippen LogP contribution in [0, 0.1) is 0 Å². The first kappa shape index (κ1) is 12.5. The maximum atomic E-state index is 9.38. The zero-order valence-electron chi connectivity index (χ0n) is 10.3. The van der Waals surface area contributed by atoms with Gasteiger partial charge in [-0.15, -0.1) is 0 Å². The van der Waals surface area contributed by atoms with Crippen molar-refractivity contribution >= 4 is 0 Å². The minimum atomic E-state index is -0.0411. The summed E-state index contributed by atoms with van der Waals surface area (Å²) in [7, 11) is 0. The van der Waals surface area contributed by atoms with Gasteiger partial charge in [-0.1, -0.05) is 13.0 Å². The molecule has 0 bridgehead atoms. The van der Waals surface area contributed by atoms with Crippen molar-refractivity contribution in [2.75, 3.05) is 6.61 Å². The van der Waals surface area contributed by atoms with Crippen LogP contribution in [0.2, 0.25) is 0 Å². The van der Waals surface area contributed by atoms with Gasteiger partial charge < -0.3 is 9.84 Å². The highest BCUT2D eigenvalue weighted by atomic mass is 16.5. The van der Waals surface area contributed by atoms with Crippen molar-refractivity contribution in [2.24, 2.45) is 0 Å². The molecule has 0 radical (unpaired) electrons. The van der Waals surface area contributed by atoms with E-state index in [-0.39, 0.29) is 6.61 Å². The normalized spacial score (nSPS) is 10.3. The van der Waals surface area contributed by atoms with E-state index in [9.17, 15) is 5.11 Å². The Labute approximate surface area is 106 Å². The molecule has 1 N–H and O–H groups in total. The lowest BCUT2D eigenvalue weighted by molar-refractivity contribution is 0.263. The number of aliphatic hydroxyl groups excluding tert-OH is 1. The van der Waals surface area contributed by atoms with Gasteiger partial charge in [0.1, 0.15) is 12.1 Å². The highest BCUT2D eigenvalue weighted by molar-refractivity contribution is 5.63. The number of benzene rings is 1. The summed E-state index contributed by atoms with van der Waals surface area (Å²) in [6, 6.07) is 5.73.